The SMILES string of the molecule is CCCCN.CCCCN.NCCCCN(CC(=O)NCCOC(N)=O)C(=O)OCCN. The third-order valence-electron chi connectivity index (χ3n) is 3.60. The number of rotatable bonds is 15. The minimum absolute atomic E-state index is 0.0358. The van der Waals surface area contributed by atoms with Crippen molar-refractivity contribution in [2.24, 2.45) is 28.7 Å². The van der Waals surface area contributed by atoms with E-state index in [1.165, 1.54) is 30.6 Å². The first-order valence-corrected chi connectivity index (χ1v) is 11.2. The Labute approximate surface area is 192 Å². The number of hydrogen-bond donors (Lipinski definition) is 6. The Hall–Kier alpha value is -2.15. The molecule has 0 aliphatic carbocycles. The number of carbonyl (C=O) groups excluding carboxylic acids is 3. The highest BCUT2D eigenvalue weighted by atomic mass is 16.6. The number of nitrogens with zero attached hydrogens (tertiary/aromatic N) is 1. The van der Waals surface area contributed by atoms with Crippen LogP contribution in [0.1, 0.15) is 52.4 Å². The molecule has 0 spiro atoms. The maximum Gasteiger partial charge on any atom is 0.410 e. The number of primary amides is 1. The summed E-state index contributed by atoms with van der Waals surface area (Å²) in [6, 6.07) is 0. The summed E-state index contributed by atoms with van der Waals surface area (Å²) in [6.45, 7) is 7.01. The van der Waals surface area contributed by atoms with Gasteiger partial charge in [0.1, 0.15) is 19.8 Å². The van der Waals surface area contributed by atoms with Crippen LogP contribution in [0.4, 0.5) is 9.59 Å². The molecule has 0 bridgehead atoms. The highest BCUT2D eigenvalue weighted by Crippen LogP contribution is 1.98. The Morgan fingerprint density at radius 1 is 0.781 bits per heavy atom. The van der Waals surface area contributed by atoms with Gasteiger partial charge in [-0.05, 0) is 45.3 Å². The highest BCUT2D eigenvalue weighted by Gasteiger charge is 2.17. The molecule has 192 valence electrons. The van der Waals surface area contributed by atoms with Gasteiger partial charge in [0.15, 0.2) is 0 Å². The molecule has 0 heterocycles. The molecular formula is C20H47N7O5. The number of carbonyl (C=O) groups is 3. The third-order valence-corrected chi connectivity index (χ3v) is 3.60. The van der Waals surface area contributed by atoms with E-state index < -0.39 is 18.1 Å². The van der Waals surface area contributed by atoms with E-state index in [0.29, 0.717) is 19.5 Å². The van der Waals surface area contributed by atoms with Crippen LogP contribution >= 0.6 is 0 Å². The molecule has 0 rings (SSSR count). The summed E-state index contributed by atoms with van der Waals surface area (Å²) in [4.78, 5) is 35.2. The summed E-state index contributed by atoms with van der Waals surface area (Å²) in [5.41, 5.74) is 25.7. The molecule has 0 fully saturated rings. The minimum Gasteiger partial charge on any atom is -0.448 e. The van der Waals surface area contributed by atoms with Gasteiger partial charge in [-0.25, -0.2) is 9.59 Å². The fraction of sp³-hybridized carbons (Fsp3) is 0.850. The molecule has 11 N–H and O–H groups in total. The number of hydrogen-bond acceptors (Lipinski definition) is 9. The topological polar surface area (TPSA) is 215 Å². The van der Waals surface area contributed by atoms with Crippen LogP contribution in [-0.4, -0.2) is 82.0 Å². The standard InChI is InChI=1S/C12H25N5O5.2C4H11N/c13-3-1-2-6-17(12(20)22-7-4-14)9-10(18)16-5-8-21-11(15)19;2*1-2-3-4-5/h1-9,13-14H2,(H2,15,19)(H,16,18);2*2-5H2,1H3. The van der Waals surface area contributed by atoms with Crippen LogP contribution in [0.15, 0.2) is 0 Å². The second-order valence-electron chi connectivity index (χ2n) is 6.62. The molecule has 0 aromatic carbocycles. The van der Waals surface area contributed by atoms with Gasteiger partial charge in [0.25, 0.3) is 0 Å². The summed E-state index contributed by atoms with van der Waals surface area (Å²) in [5.74, 6) is -0.398. The summed E-state index contributed by atoms with van der Waals surface area (Å²) < 4.78 is 9.38. The van der Waals surface area contributed by atoms with E-state index in [9.17, 15) is 14.4 Å². The Morgan fingerprint density at radius 2 is 1.34 bits per heavy atom. The van der Waals surface area contributed by atoms with Gasteiger partial charge in [0.2, 0.25) is 5.91 Å². The fourth-order valence-electron chi connectivity index (χ4n) is 1.90. The molecule has 0 radical (unpaired) electrons. The number of unbranched alkanes of at least 4 members (excludes halogenated alkanes) is 3. The molecule has 0 aliphatic rings. The van der Waals surface area contributed by atoms with Crippen LogP contribution < -0.4 is 34.0 Å². The number of amides is 3. The summed E-state index contributed by atoms with van der Waals surface area (Å²) in [6.07, 6.45) is 4.64. The maximum atomic E-state index is 11.8. The van der Waals surface area contributed by atoms with Crippen LogP contribution in [0.3, 0.4) is 0 Å². The van der Waals surface area contributed by atoms with Crippen molar-refractivity contribution in [3.8, 4) is 0 Å². The zero-order valence-corrected chi connectivity index (χ0v) is 20.0. The second kappa shape index (κ2) is 28.9. The van der Waals surface area contributed by atoms with Gasteiger partial charge in [-0.15, -0.1) is 0 Å². The van der Waals surface area contributed by atoms with Crippen LogP contribution in [0, 0.1) is 0 Å². The molecule has 0 atom stereocenters. The second-order valence-corrected chi connectivity index (χ2v) is 6.62. The quantitative estimate of drug-likeness (QED) is 0.177. The van der Waals surface area contributed by atoms with Gasteiger partial charge in [-0.3, -0.25) is 9.69 Å². The summed E-state index contributed by atoms with van der Waals surface area (Å²) in [5, 5.41) is 2.50. The molecule has 12 nitrogen and oxygen atoms in total. The van der Waals surface area contributed by atoms with E-state index in [-0.39, 0.29) is 32.8 Å². The monoisotopic (exact) mass is 465 g/mol. The Morgan fingerprint density at radius 3 is 1.75 bits per heavy atom. The molecule has 0 saturated carbocycles. The Balaban J connectivity index is -0.000000695. The number of nitrogens with one attached hydrogen (secondary N) is 1. The lowest BCUT2D eigenvalue weighted by atomic mass is 10.3. The van der Waals surface area contributed by atoms with Crippen LogP contribution in [0.5, 0.6) is 0 Å². The zero-order valence-electron chi connectivity index (χ0n) is 20.0. The fourth-order valence-corrected chi connectivity index (χ4v) is 1.90. The Bertz CT molecular complexity index is 433. The average Bonchev–Trinajstić information content (AvgIpc) is 2.76. The van der Waals surface area contributed by atoms with Gasteiger partial charge in [0.05, 0.1) is 6.54 Å². The zero-order chi connectivity index (χ0) is 25.0. The smallest absolute Gasteiger partial charge is 0.410 e. The van der Waals surface area contributed by atoms with Crippen molar-refractivity contribution in [3.05, 3.63) is 0 Å². The first-order valence-electron chi connectivity index (χ1n) is 11.2. The molecular weight excluding hydrogens is 418 g/mol. The van der Waals surface area contributed by atoms with Crippen LogP contribution in [0.2, 0.25) is 0 Å². The highest BCUT2D eigenvalue weighted by molar-refractivity contribution is 5.82. The summed E-state index contributed by atoms with van der Waals surface area (Å²) in [7, 11) is 0. The van der Waals surface area contributed by atoms with Gasteiger partial charge in [-0.2, -0.15) is 0 Å². The van der Waals surface area contributed by atoms with Crippen LogP contribution in [-0.2, 0) is 14.3 Å². The minimum atomic E-state index is -0.914. The average molecular weight is 466 g/mol. The largest absolute Gasteiger partial charge is 0.448 e. The predicted molar refractivity (Wildman–Crippen MR) is 127 cm³/mol. The van der Waals surface area contributed by atoms with E-state index >= 15 is 0 Å². The van der Waals surface area contributed by atoms with Gasteiger partial charge in [-0.1, -0.05) is 26.7 Å². The van der Waals surface area contributed by atoms with Crippen molar-refractivity contribution in [1.29, 1.82) is 0 Å². The van der Waals surface area contributed by atoms with E-state index in [2.05, 4.69) is 23.9 Å². The first-order chi connectivity index (χ1) is 15.3. The lowest BCUT2D eigenvalue weighted by Gasteiger charge is -2.21. The lowest BCUT2D eigenvalue weighted by Crippen LogP contribution is -2.42. The van der Waals surface area contributed by atoms with Crippen molar-refractivity contribution in [3.63, 3.8) is 0 Å². The number of nitrogens with two attached hydrogens (primary N) is 5. The molecule has 0 aromatic rings. The van der Waals surface area contributed by atoms with E-state index in [4.69, 9.17) is 33.4 Å². The molecule has 3 amide bonds. The molecule has 0 unspecified atom stereocenters. The van der Waals surface area contributed by atoms with Crippen molar-refractivity contribution in [1.82, 2.24) is 10.2 Å². The molecule has 0 aliphatic heterocycles. The van der Waals surface area contributed by atoms with E-state index in [1.54, 1.807) is 0 Å². The van der Waals surface area contributed by atoms with Crippen molar-refractivity contribution in [2.75, 3.05) is 59.0 Å². The van der Waals surface area contributed by atoms with Gasteiger partial charge in [0, 0.05) is 13.1 Å². The molecule has 12 heteroatoms. The molecule has 32 heavy (non-hydrogen) atoms. The molecule has 0 aromatic heterocycles. The van der Waals surface area contributed by atoms with E-state index in [1.807, 2.05) is 0 Å². The third kappa shape index (κ3) is 30.0. The number of ether oxygens (including phenoxy) is 2. The van der Waals surface area contributed by atoms with Crippen molar-refractivity contribution in [2.45, 2.75) is 52.4 Å². The van der Waals surface area contributed by atoms with Gasteiger partial charge < -0.3 is 43.5 Å². The maximum absolute atomic E-state index is 11.8. The Kier molecular flexibility index (Phi) is 31.1. The van der Waals surface area contributed by atoms with E-state index in [0.717, 1.165) is 19.5 Å². The normalized spacial score (nSPS) is 9.44. The van der Waals surface area contributed by atoms with Gasteiger partial charge >= 0.3 is 12.2 Å². The summed E-state index contributed by atoms with van der Waals surface area (Å²) >= 11 is 0. The predicted octanol–water partition coefficient (Wildman–Crippen LogP) is -0.175. The van der Waals surface area contributed by atoms with Crippen molar-refractivity contribution >= 4 is 18.1 Å². The molecule has 0 saturated heterocycles. The lowest BCUT2D eigenvalue weighted by molar-refractivity contribution is -0.122. The van der Waals surface area contributed by atoms with Crippen LogP contribution in [0.25, 0.3) is 0 Å². The van der Waals surface area contributed by atoms with Crippen molar-refractivity contribution < 1.29 is 23.9 Å². The first kappa shape index (κ1) is 34.5.